The summed E-state index contributed by atoms with van der Waals surface area (Å²) in [7, 11) is -1.79. The van der Waals surface area contributed by atoms with Crippen LogP contribution in [-0.2, 0) is 6.42 Å². The van der Waals surface area contributed by atoms with Crippen LogP contribution in [0, 0.1) is 0 Å². The zero-order valence-electron chi connectivity index (χ0n) is 17.8. The number of hydrogen-bond acceptors (Lipinski definition) is 0. The van der Waals surface area contributed by atoms with Crippen LogP contribution in [0.2, 0.25) is 10.2 Å². The molecule has 0 bridgehead atoms. The molecule has 0 amide bonds. The first-order valence-corrected chi connectivity index (χ1v) is 14.9. The number of halogens is 1. The fraction of sp³-hybridized carbons (Fsp3) is 0.143. The molecule has 0 aromatic heterocycles. The zero-order valence-corrected chi connectivity index (χ0v) is 21.2. The first-order valence-electron chi connectivity index (χ1n) is 11.2. The Labute approximate surface area is 195 Å². The van der Waals surface area contributed by atoms with Gasteiger partial charge in [-0.15, -0.1) is 0 Å². The summed E-state index contributed by atoms with van der Waals surface area (Å²) < 4.78 is 0. The van der Waals surface area contributed by atoms with E-state index in [0.29, 0.717) is 0 Å². The quantitative estimate of drug-likeness (QED) is 0.325. The highest BCUT2D eigenvalue weighted by Crippen LogP contribution is 2.20. The van der Waals surface area contributed by atoms with Crippen LogP contribution in [0.25, 0.3) is 0 Å². The van der Waals surface area contributed by atoms with Crippen molar-refractivity contribution < 1.29 is 0 Å². The lowest BCUT2D eigenvalue weighted by atomic mass is 10.1. The summed E-state index contributed by atoms with van der Waals surface area (Å²) in [4.78, 5) is 0. The molecule has 0 saturated heterocycles. The van der Waals surface area contributed by atoms with Gasteiger partial charge in [0, 0.05) is 5.02 Å². The van der Waals surface area contributed by atoms with Crippen molar-refractivity contribution in [1.82, 2.24) is 0 Å². The normalized spacial score (nSPS) is 12.5. The second kappa shape index (κ2) is 11.3. The van der Waals surface area contributed by atoms with Crippen molar-refractivity contribution in [2.24, 2.45) is 0 Å². The summed E-state index contributed by atoms with van der Waals surface area (Å²) in [6.07, 6.45) is 3.71. The summed E-state index contributed by atoms with van der Waals surface area (Å²) in [5, 5.41) is 6.28. The zero-order chi connectivity index (χ0) is 21.3. The molecule has 4 rings (SSSR count). The van der Waals surface area contributed by atoms with Crippen LogP contribution < -0.4 is 15.6 Å². The molecule has 0 aliphatic heterocycles. The minimum Gasteiger partial charge on any atom is -0.0843 e. The van der Waals surface area contributed by atoms with Crippen LogP contribution >= 0.6 is 11.6 Å². The van der Waals surface area contributed by atoms with E-state index in [0.717, 1.165) is 16.6 Å². The van der Waals surface area contributed by atoms with Crippen molar-refractivity contribution in [1.29, 1.82) is 0 Å². The van der Waals surface area contributed by atoms with Gasteiger partial charge in [0.1, 0.15) is 8.80 Å². The average Bonchev–Trinajstić information content (AvgIpc) is 2.83. The molecule has 4 aromatic rings. The molecule has 0 spiro atoms. The second-order valence-corrected chi connectivity index (χ2v) is 15.2. The lowest BCUT2D eigenvalue weighted by Crippen LogP contribution is -2.49. The fourth-order valence-corrected chi connectivity index (χ4v) is 13.0. The lowest BCUT2D eigenvalue weighted by Gasteiger charge is -2.27. The molecule has 0 radical (unpaired) electrons. The Kier molecular flexibility index (Phi) is 7.95. The van der Waals surface area contributed by atoms with E-state index in [1.54, 1.807) is 10.4 Å². The van der Waals surface area contributed by atoms with Gasteiger partial charge in [-0.05, 0) is 35.7 Å². The summed E-state index contributed by atoms with van der Waals surface area (Å²) in [6.45, 7) is 0. The average molecular weight is 457 g/mol. The van der Waals surface area contributed by atoms with Crippen molar-refractivity contribution in [3.05, 3.63) is 126 Å². The Morgan fingerprint density at radius 1 is 0.645 bits per heavy atom. The molecule has 0 fully saturated rings. The first-order chi connectivity index (χ1) is 15.3. The molecule has 0 unspecified atom stereocenters. The van der Waals surface area contributed by atoms with Crippen LogP contribution in [-0.4, -0.2) is 18.3 Å². The fourth-order valence-electron chi connectivity index (χ4n) is 4.58. The molecular formula is C28H29ClSi2. The molecule has 31 heavy (non-hydrogen) atoms. The summed E-state index contributed by atoms with van der Waals surface area (Å²) in [5.41, 5.74) is 1.45. The van der Waals surface area contributed by atoms with E-state index in [-0.39, 0.29) is 0 Å². The molecule has 0 heterocycles. The maximum Gasteiger partial charge on any atom is 0.103 e. The standard InChI is InChI=1S/C28H29ClSi2/c29-24-19-21-25(22-20-24)30-28(18-10-13-23-11-4-1-5-12-23)31(26-14-6-2-7-15-26)27-16-8-3-9-17-27/h1-9,11-12,14-17,19-22,28,31H,10,13,18,30H2/t28-/m1/s1. The van der Waals surface area contributed by atoms with Gasteiger partial charge in [0.25, 0.3) is 0 Å². The Morgan fingerprint density at radius 2 is 1.16 bits per heavy atom. The Bertz CT molecular complexity index is 995. The van der Waals surface area contributed by atoms with Crippen molar-refractivity contribution in [3.8, 4) is 0 Å². The summed E-state index contributed by atoms with van der Waals surface area (Å²) >= 11 is 6.18. The number of rotatable bonds is 9. The van der Waals surface area contributed by atoms with Crippen LogP contribution in [0.3, 0.4) is 0 Å². The maximum atomic E-state index is 6.18. The molecule has 0 saturated carbocycles. The summed E-state index contributed by atoms with van der Waals surface area (Å²) in [6, 6.07) is 42.2. The van der Waals surface area contributed by atoms with Crippen molar-refractivity contribution in [2.45, 2.75) is 24.4 Å². The predicted octanol–water partition coefficient (Wildman–Crippen LogP) is 4.53. The minimum absolute atomic E-state index is 0.446. The maximum absolute atomic E-state index is 6.18. The van der Waals surface area contributed by atoms with Gasteiger partial charge < -0.3 is 0 Å². The molecule has 0 N–H and O–H groups in total. The minimum atomic E-state index is -1.34. The largest absolute Gasteiger partial charge is 0.103 e. The van der Waals surface area contributed by atoms with Crippen molar-refractivity contribution >= 4 is 45.5 Å². The van der Waals surface area contributed by atoms with Crippen molar-refractivity contribution in [2.75, 3.05) is 0 Å². The van der Waals surface area contributed by atoms with E-state index in [1.165, 1.54) is 23.6 Å². The first kappa shape index (κ1) is 21.8. The molecule has 0 aliphatic rings. The Balaban J connectivity index is 1.62. The van der Waals surface area contributed by atoms with Crippen LogP contribution in [0.1, 0.15) is 18.4 Å². The third kappa shape index (κ3) is 6.30. The SMILES string of the molecule is Clc1ccc([SiH2][C@@H](CCCc2ccccc2)[SiH](c2ccccc2)c2ccccc2)cc1. The smallest absolute Gasteiger partial charge is 0.0843 e. The van der Waals surface area contributed by atoms with Crippen LogP contribution in [0.5, 0.6) is 0 Å². The molecular weight excluding hydrogens is 428 g/mol. The van der Waals surface area contributed by atoms with E-state index in [9.17, 15) is 0 Å². The Morgan fingerprint density at radius 3 is 1.71 bits per heavy atom. The van der Waals surface area contributed by atoms with E-state index in [2.05, 4.69) is 115 Å². The molecule has 3 heteroatoms. The van der Waals surface area contributed by atoms with Gasteiger partial charge in [-0.25, -0.2) is 0 Å². The van der Waals surface area contributed by atoms with Crippen LogP contribution in [0.15, 0.2) is 115 Å². The van der Waals surface area contributed by atoms with Crippen molar-refractivity contribution in [3.63, 3.8) is 0 Å². The molecule has 1 atom stereocenters. The topological polar surface area (TPSA) is 0 Å². The molecule has 0 aliphatic carbocycles. The number of hydrogen-bond donors (Lipinski definition) is 0. The Hall–Kier alpha value is -2.40. The highest BCUT2D eigenvalue weighted by molar-refractivity contribution is 6.93. The molecule has 0 nitrogen and oxygen atoms in total. The monoisotopic (exact) mass is 456 g/mol. The third-order valence-corrected chi connectivity index (χ3v) is 13.8. The van der Waals surface area contributed by atoms with Gasteiger partial charge in [-0.2, -0.15) is 0 Å². The molecule has 156 valence electrons. The third-order valence-electron chi connectivity index (χ3n) is 6.08. The van der Waals surface area contributed by atoms with E-state index >= 15 is 0 Å². The van der Waals surface area contributed by atoms with Gasteiger partial charge in [-0.3, -0.25) is 0 Å². The van der Waals surface area contributed by atoms with Gasteiger partial charge in [0.2, 0.25) is 0 Å². The van der Waals surface area contributed by atoms with Crippen LogP contribution in [0.4, 0.5) is 0 Å². The van der Waals surface area contributed by atoms with Gasteiger partial charge >= 0.3 is 0 Å². The van der Waals surface area contributed by atoms with Gasteiger partial charge in [-0.1, -0.05) is 137 Å². The highest BCUT2D eigenvalue weighted by atomic mass is 35.5. The summed E-state index contributed by atoms with van der Waals surface area (Å²) in [5.74, 6) is 0. The second-order valence-electron chi connectivity index (χ2n) is 8.27. The lowest BCUT2D eigenvalue weighted by molar-refractivity contribution is 0.766. The van der Waals surface area contributed by atoms with Gasteiger partial charge in [0.15, 0.2) is 0 Å². The van der Waals surface area contributed by atoms with E-state index in [1.807, 2.05) is 0 Å². The van der Waals surface area contributed by atoms with E-state index in [4.69, 9.17) is 11.6 Å². The van der Waals surface area contributed by atoms with E-state index < -0.39 is 18.3 Å². The van der Waals surface area contributed by atoms with Gasteiger partial charge in [0.05, 0.1) is 9.52 Å². The highest BCUT2D eigenvalue weighted by Gasteiger charge is 2.27. The molecule has 4 aromatic carbocycles. The predicted molar refractivity (Wildman–Crippen MR) is 142 cm³/mol. The number of aryl methyl sites for hydroxylation is 1. The number of benzene rings is 4.